The van der Waals surface area contributed by atoms with Crippen LogP contribution in [0.25, 0.3) is 0 Å². The van der Waals surface area contributed by atoms with Crippen LogP contribution in [0.2, 0.25) is 0 Å². The van der Waals surface area contributed by atoms with Crippen molar-refractivity contribution in [1.82, 2.24) is 4.98 Å². The van der Waals surface area contributed by atoms with E-state index in [9.17, 15) is 0 Å². The Kier molecular flexibility index (Phi) is 4.17. The molecule has 0 radical (unpaired) electrons. The van der Waals surface area contributed by atoms with Gasteiger partial charge in [-0.1, -0.05) is 6.07 Å². The highest BCUT2D eigenvalue weighted by molar-refractivity contribution is 7.09. The summed E-state index contributed by atoms with van der Waals surface area (Å²) in [5.74, 6) is 0.850. The number of hydrogen-bond acceptors (Lipinski definition) is 5. The van der Waals surface area contributed by atoms with Crippen LogP contribution in [-0.2, 0) is 13.2 Å². The van der Waals surface area contributed by atoms with Crippen molar-refractivity contribution in [2.75, 3.05) is 19.0 Å². The van der Waals surface area contributed by atoms with E-state index in [4.69, 9.17) is 10.5 Å². The van der Waals surface area contributed by atoms with Crippen LogP contribution >= 0.6 is 11.3 Å². The average molecular weight is 263 g/mol. The second-order valence-electron chi connectivity index (χ2n) is 4.12. The molecule has 0 fully saturated rings. The van der Waals surface area contributed by atoms with Crippen LogP contribution in [0.15, 0.2) is 29.6 Å². The van der Waals surface area contributed by atoms with E-state index >= 15 is 0 Å². The van der Waals surface area contributed by atoms with Gasteiger partial charge in [0.25, 0.3) is 0 Å². The van der Waals surface area contributed by atoms with Crippen molar-refractivity contribution < 1.29 is 4.74 Å². The molecule has 1 aromatic heterocycles. The molecule has 2 rings (SSSR count). The topological polar surface area (TPSA) is 51.4 Å². The van der Waals surface area contributed by atoms with Gasteiger partial charge in [0, 0.05) is 37.8 Å². The van der Waals surface area contributed by atoms with Gasteiger partial charge in [-0.2, -0.15) is 0 Å². The quantitative estimate of drug-likeness (QED) is 0.899. The van der Waals surface area contributed by atoms with Gasteiger partial charge >= 0.3 is 0 Å². The Bertz CT molecular complexity index is 510. The molecule has 5 heteroatoms. The number of benzene rings is 1. The Balaban J connectivity index is 1.99. The zero-order valence-electron chi connectivity index (χ0n) is 10.6. The van der Waals surface area contributed by atoms with Crippen LogP contribution < -0.4 is 15.4 Å². The van der Waals surface area contributed by atoms with E-state index in [1.807, 2.05) is 48.6 Å². The average Bonchev–Trinajstić information content (AvgIpc) is 2.84. The summed E-state index contributed by atoms with van der Waals surface area (Å²) in [6.07, 6.45) is 0. The Morgan fingerprint density at radius 3 is 2.89 bits per heavy atom. The molecule has 1 aromatic carbocycles. The first-order valence-electron chi connectivity index (χ1n) is 5.72. The highest BCUT2D eigenvalue weighted by Crippen LogP contribution is 2.20. The van der Waals surface area contributed by atoms with Gasteiger partial charge in [0.15, 0.2) is 0 Å². The Morgan fingerprint density at radius 2 is 2.22 bits per heavy atom. The summed E-state index contributed by atoms with van der Waals surface area (Å²) in [6, 6.07) is 7.98. The maximum absolute atomic E-state index is 5.72. The number of thiazole rings is 1. The van der Waals surface area contributed by atoms with Crippen LogP contribution in [-0.4, -0.2) is 19.1 Å². The summed E-state index contributed by atoms with van der Waals surface area (Å²) in [6.45, 7) is 0.966. The molecule has 4 nitrogen and oxygen atoms in total. The fourth-order valence-electron chi connectivity index (χ4n) is 1.52. The number of nitrogens with two attached hydrogens (primary N) is 1. The predicted molar refractivity (Wildman–Crippen MR) is 75.1 cm³/mol. The largest absolute Gasteiger partial charge is 0.487 e. The number of hydrogen-bond donors (Lipinski definition) is 1. The molecule has 0 bridgehead atoms. The van der Waals surface area contributed by atoms with Crippen molar-refractivity contribution in [1.29, 1.82) is 0 Å². The minimum atomic E-state index is 0.480. The zero-order valence-corrected chi connectivity index (χ0v) is 11.4. The molecule has 18 heavy (non-hydrogen) atoms. The summed E-state index contributed by atoms with van der Waals surface area (Å²) in [5, 5.41) is 2.92. The molecule has 0 saturated carbocycles. The second-order valence-corrected chi connectivity index (χ2v) is 5.06. The third kappa shape index (κ3) is 3.21. The molecule has 0 aliphatic heterocycles. The number of nitrogens with zero attached hydrogens (tertiary/aromatic N) is 2. The monoisotopic (exact) mass is 263 g/mol. The summed E-state index contributed by atoms with van der Waals surface area (Å²) < 4.78 is 5.72. The number of ether oxygens (including phenoxy) is 1. The van der Waals surface area contributed by atoms with Crippen LogP contribution in [0.1, 0.15) is 10.7 Å². The molecule has 0 aliphatic carbocycles. The second kappa shape index (κ2) is 5.84. The third-order valence-corrected chi connectivity index (χ3v) is 3.41. The van der Waals surface area contributed by atoms with Crippen LogP contribution in [0, 0.1) is 0 Å². The fraction of sp³-hybridized carbons (Fsp3) is 0.308. The van der Waals surface area contributed by atoms with Crippen molar-refractivity contribution in [3.63, 3.8) is 0 Å². The first-order chi connectivity index (χ1) is 8.69. The zero-order chi connectivity index (χ0) is 13.0. The fourth-order valence-corrected chi connectivity index (χ4v) is 2.18. The lowest BCUT2D eigenvalue weighted by Crippen LogP contribution is -2.08. The van der Waals surface area contributed by atoms with Gasteiger partial charge in [0.1, 0.15) is 17.4 Å². The SMILES string of the molecule is CN(C)c1cccc(OCc2csc(CN)n2)c1. The van der Waals surface area contributed by atoms with Crippen LogP contribution in [0.5, 0.6) is 5.75 Å². The van der Waals surface area contributed by atoms with E-state index in [1.54, 1.807) is 11.3 Å². The van der Waals surface area contributed by atoms with E-state index in [-0.39, 0.29) is 0 Å². The molecule has 0 unspecified atom stereocenters. The minimum Gasteiger partial charge on any atom is -0.487 e. The van der Waals surface area contributed by atoms with E-state index in [0.717, 1.165) is 22.1 Å². The maximum atomic E-state index is 5.72. The van der Waals surface area contributed by atoms with E-state index in [1.165, 1.54) is 0 Å². The van der Waals surface area contributed by atoms with Gasteiger partial charge in [-0.3, -0.25) is 0 Å². The third-order valence-electron chi connectivity index (χ3n) is 2.49. The molecule has 0 saturated heterocycles. The first-order valence-corrected chi connectivity index (χ1v) is 6.60. The maximum Gasteiger partial charge on any atom is 0.131 e. The van der Waals surface area contributed by atoms with Crippen molar-refractivity contribution in [3.05, 3.63) is 40.3 Å². The highest BCUT2D eigenvalue weighted by atomic mass is 32.1. The summed E-state index contributed by atoms with van der Waals surface area (Å²) >= 11 is 1.57. The summed E-state index contributed by atoms with van der Waals surface area (Å²) in [4.78, 5) is 6.40. The van der Waals surface area contributed by atoms with Crippen molar-refractivity contribution in [3.8, 4) is 5.75 Å². The lowest BCUT2D eigenvalue weighted by Gasteiger charge is -2.13. The van der Waals surface area contributed by atoms with E-state index in [2.05, 4.69) is 4.98 Å². The predicted octanol–water partition coefficient (Wildman–Crippen LogP) is 2.25. The van der Waals surface area contributed by atoms with Gasteiger partial charge in [-0.15, -0.1) is 11.3 Å². The molecule has 2 aromatic rings. The lowest BCUT2D eigenvalue weighted by molar-refractivity contribution is 0.302. The highest BCUT2D eigenvalue weighted by Gasteiger charge is 2.03. The minimum absolute atomic E-state index is 0.480. The lowest BCUT2D eigenvalue weighted by atomic mass is 10.3. The molecule has 0 amide bonds. The van der Waals surface area contributed by atoms with Gasteiger partial charge < -0.3 is 15.4 Å². The molecule has 1 heterocycles. The molecular formula is C13H17N3OS. The molecule has 0 aliphatic rings. The molecule has 0 spiro atoms. The smallest absolute Gasteiger partial charge is 0.131 e. The Hall–Kier alpha value is -1.59. The number of aromatic nitrogens is 1. The summed E-state index contributed by atoms with van der Waals surface area (Å²) in [5.41, 5.74) is 7.57. The molecule has 96 valence electrons. The Labute approximate surface area is 111 Å². The van der Waals surface area contributed by atoms with Crippen LogP contribution in [0.3, 0.4) is 0 Å². The van der Waals surface area contributed by atoms with E-state index < -0.39 is 0 Å². The van der Waals surface area contributed by atoms with Gasteiger partial charge in [-0.25, -0.2) is 4.98 Å². The Morgan fingerprint density at radius 1 is 1.39 bits per heavy atom. The first kappa shape index (κ1) is 12.9. The normalized spacial score (nSPS) is 10.4. The molecule has 0 atom stereocenters. The van der Waals surface area contributed by atoms with Gasteiger partial charge in [0.2, 0.25) is 0 Å². The number of anilines is 1. The standard InChI is InChI=1S/C13H17N3OS/c1-16(2)11-4-3-5-12(6-11)17-8-10-9-18-13(7-14)15-10/h3-6,9H,7-8,14H2,1-2H3. The van der Waals surface area contributed by atoms with E-state index in [0.29, 0.717) is 13.2 Å². The van der Waals surface area contributed by atoms with Crippen molar-refractivity contribution in [2.45, 2.75) is 13.2 Å². The van der Waals surface area contributed by atoms with Crippen LogP contribution in [0.4, 0.5) is 5.69 Å². The summed E-state index contributed by atoms with van der Waals surface area (Å²) in [7, 11) is 4.01. The van der Waals surface area contributed by atoms with Crippen molar-refractivity contribution in [2.24, 2.45) is 5.73 Å². The van der Waals surface area contributed by atoms with Gasteiger partial charge in [-0.05, 0) is 12.1 Å². The molecule has 2 N–H and O–H groups in total. The van der Waals surface area contributed by atoms with Gasteiger partial charge in [0.05, 0.1) is 5.69 Å². The number of rotatable bonds is 5. The van der Waals surface area contributed by atoms with Crippen molar-refractivity contribution >= 4 is 17.0 Å². The molecular weight excluding hydrogens is 246 g/mol.